The third-order valence-electron chi connectivity index (χ3n) is 2.08. The first-order valence-corrected chi connectivity index (χ1v) is 5.58. The number of hydrogen-bond acceptors (Lipinski definition) is 1. The highest BCUT2D eigenvalue weighted by Crippen LogP contribution is 2.22. The van der Waals surface area contributed by atoms with Gasteiger partial charge in [0, 0.05) is 16.4 Å². The van der Waals surface area contributed by atoms with Crippen molar-refractivity contribution in [2.45, 2.75) is 39.5 Å². The Labute approximate surface area is 88.7 Å². The van der Waals surface area contributed by atoms with Crippen LogP contribution < -0.4 is 0 Å². The first-order chi connectivity index (χ1) is 6.15. The fourth-order valence-corrected chi connectivity index (χ4v) is 1.78. The number of halogens is 1. The van der Waals surface area contributed by atoms with Gasteiger partial charge in [-0.05, 0) is 39.9 Å². The van der Waals surface area contributed by atoms with Crippen molar-refractivity contribution in [3.05, 3.63) is 28.0 Å². The summed E-state index contributed by atoms with van der Waals surface area (Å²) in [5.41, 5.74) is 2.62. The molecular weight excluding hydrogens is 226 g/mol. The van der Waals surface area contributed by atoms with Gasteiger partial charge in [-0.1, -0.05) is 27.2 Å². The van der Waals surface area contributed by atoms with Gasteiger partial charge in [-0.25, -0.2) is 0 Å². The van der Waals surface area contributed by atoms with Gasteiger partial charge in [0.05, 0.1) is 0 Å². The number of aromatic nitrogens is 1. The standard InChI is InChI=1S/C11H16BrN/c1-4-5-11-10(8(2)3)6-9(12)7-13-11/h6-8H,4-5H2,1-3H3. The van der Waals surface area contributed by atoms with Gasteiger partial charge in [0.2, 0.25) is 0 Å². The van der Waals surface area contributed by atoms with Crippen molar-refractivity contribution in [2.24, 2.45) is 0 Å². The average molecular weight is 242 g/mol. The van der Waals surface area contributed by atoms with Crippen LogP contribution in [0.1, 0.15) is 44.4 Å². The highest BCUT2D eigenvalue weighted by molar-refractivity contribution is 9.10. The molecule has 0 radical (unpaired) electrons. The molecule has 0 saturated carbocycles. The Balaban J connectivity index is 3.03. The van der Waals surface area contributed by atoms with Gasteiger partial charge in [0.25, 0.3) is 0 Å². The Bertz CT molecular complexity index is 281. The lowest BCUT2D eigenvalue weighted by molar-refractivity contribution is 0.793. The maximum absolute atomic E-state index is 4.44. The first-order valence-electron chi connectivity index (χ1n) is 4.79. The molecule has 1 aromatic rings. The van der Waals surface area contributed by atoms with E-state index in [1.165, 1.54) is 11.3 Å². The predicted octanol–water partition coefficient (Wildman–Crippen LogP) is 3.92. The largest absolute Gasteiger partial charge is 0.260 e. The van der Waals surface area contributed by atoms with E-state index in [9.17, 15) is 0 Å². The highest BCUT2D eigenvalue weighted by Gasteiger charge is 2.07. The summed E-state index contributed by atoms with van der Waals surface area (Å²) in [6.45, 7) is 6.61. The van der Waals surface area contributed by atoms with Crippen molar-refractivity contribution >= 4 is 15.9 Å². The normalized spacial score (nSPS) is 10.8. The van der Waals surface area contributed by atoms with Gasteiger partial charge >= 0.3 is 0 Å². The van der Waals surface area contributed by atoms with Gasteiger partial charge in [-0.15, -0.1) is 0 Å². The molecule has 0 aliphatic carbocycles. The smallest absolute Gasteiger partial charge is 0.0438 e. The first kappa shape index (κ1) is 10.7. The van der Waals surface area contributed by atoms with E-state index in [0.717, 1.165) is 17.3 Å². The van der Waals surface area contributed by atoms with Crippen LogP contribution in [0.2, 0.25) is 0 Å². The highest BCUT2D eigenvalue weighted by atomic mass is 79.9. The summed E-state index contributed by atoms with van der Waals surface area (Å²) in [7, 11) is 0. The van der Waals surface area contributed by atoms with Gasteiger partial charge in [-0.3, -0.25) is 4.98 Å². The van der Waals surface area contributed by atoms with Crippen molar-refractivity contribution < 1.29 is 0 Å². The van der Waals surface area contributed by atoms with E-state index in [-0.39, 0.29) is 0 Å². The lowest BCUT2D eigenvalue weighted by atomic mass is 9.99. The van der Waals surface area contributed by atoms with Gasteiger partial charge in [-0.2, -0.15) is 0 Å². The number of nitrogens with zero attached hydrogens (tertiary/aromatic N) is 1. The molecule has 0 spiro atoms. The summed E-state index contributed by atoms with van der Waals surface area (Å²) in [5.74, 6) is 0.562. The van der Waals surface area contributed by atoms with Crippen LogP contribution in [0.5, 0.6) is 0 Å². The predicted molar refractivity (Wildman–Crippen MR) is 60.0 cm³/mol. The summed E-state index contributed by atoms with van der Waals surface area (Å²) in [6, 6.07) is 2.18. The second kappa shape index (κ2) is 4.75. The van der Waals surface area contributed by atoms with Crippen LogP contribution in [0.4, 0.5) is 0 Å². The number of rotatable bonds is 3. The second-order valence-electron chi connectivity index (χ2n) is 3.59. The van der Waals surface area contributed by atoms with E-state index < -0.39 is 0 Å². The van der Waals surface area contributed by atoms with Crippen molar-refractivity contribution in [3.63, 3.8) is 0 Å². The van der Waals surface area contributed by atoms with E-state index in [0.29, 0.717) is 5.92 Å². The average Bonchev–Trinajstić information content (AvgIpc) is 2.08. The Morgan fingerprint density at radius 3 is 2.69 bits per heavy atom. The molecule has 0 N–H and O–H groups in total. The van der Waals surface area contributed by atoms with Crippen LogP contribution in [-0.4, -0.2) is 4.98 Å². The molecule has 72 valence electrons. The molecule has 0 atom stereocenters. The summed E-state index contributed by atoms with van der Waals surface area (Å²) >= 11 is 3.45. The summed E-state index contributed by atoms with van der Waals surface area (Å²) < 4.78 is 1.08. The van der Waals surface area contributed by atoms with E-state index >= 15 is 0 Å². The number of aryl methyl sites for hydroxylation is 1. The maximum Gasteiger partial charge on any atom is 0.0438 e. The second-order valence-corrected chi connectivity index (χ2v) is 4.51. The van der Waals surface area contributed by atoms with Crippen molar-refractivity contribution in [3.8, 4) is 0 Å². The number of hydrogen-bond donors (Lipinski definition) is 0. The van der Waals surface area contributed by atoms with Gasteiger partial charge in [0.1, 0.15) is 0 Å². The third-order valence-corrected chi connectivity index (χ3v) is 2.51. The monoisotopic (exact) mass is 241 g/mol. The fourth-order valence-electron chi connectivity index (χ4n) is 1.43. The third kappa shape index (κ3) is 2.80. The summed E-state index contributed by atoms with van der Waals surface area (Å²) in [4.78, 5) is 4.44. The van der Waals surface area contributed by atoms with Crippen LogP contribution in [0.15, 0.2) is 16.7 Å². The molecule has 0 bridgehead atoms. The van der Waals surface area contributed by atoms with Crippen LogP contribution in [-0.2, 0) is 6.42 Å². The minimum absolute atomic E-state index is 0.562. The van der Waals surface area contributed by atoms with E-state index in [2.05, 4.69) is 47.8 Å². The zero-order valence-electron chi connectivity index (χ0n) is 8.47. The quantitative estimate of drug-likeness (QED) is 0.782. The Kier molecular flexibility index (Phi) is 3.91. The molecule has 0 fully saturated rings. The molecule has 0 saturated heterocycles. The Morgan fingerprint density at radius 1 is 1.46 bits per heavy atom. The van der Waals surface area contributed by atoms with E-state index in [1.807, 2.05) is 6.20 Å². The van der Waals surface area contributed by atoms with Gasteiger partial charge in [0.15, 0.2) is 0 Å². The van der Waals surface area contributed by atoms with E-state index in [4.69, 9.17) is 0 Å². The molecule has 13 heavy (non-hydrogen) atoms. The van der Waals surface area contributed by atoms with Crippen molar-refractivity contribution in [1.82, 2.24) is 4.98 Å². The minimum Gasteiger partial charge on any atom is -0.260 e. The summed E-state index contributed by atoms with van der Waals surface area (Å²) in [5, 5.41) is 0. The van der Waals surface area contributed by atoms with Crippen LogP contribution in [0.25, 0.3) is 0 Å². The van der Waals surface area contributed by atoms with Crippen LogP contribution >= 0.6 is 15.9 Å². The van der Waals surface area contributed by atoms with E-state index in [1.54, 1.807) is 0 Å². The lowest BCUT2D eigenvalue weighted by Gasteiger charge is -2.11. The topological polar surface area (TPSA) is 12.9 Å². The molecule has 0 aliphatic heterocycles. The maximum atomic E-state index is 4.44. The van der Waals surface area contributed by atoms with Crippen LogP contribution in [0.3, 0.4) is 0 Å². The molecule has 0 unspecified atom stereocenters. The molecule has 2 heteroatoms. The van der Waals surface area contributed by atoms with Gasteiger partial charge < -0.3 is 0 Å². The molecule has 1 nitrogen and oxygen atoms in total. The zero-order valence-corrected chi connectivity index (χ0v) is 10.1. The Hall–Kier alpha value is -0.370. The molecule has 1 heterocycles. The molecule has 0 amide bonds. The molecule has 0 aromatic carbocycles. The number of pyridine rings is 1. The lowest BCUT2D eigenvalue weighted by Crippen LogP contribution is -1.99. The SMILES string of the molecule is CCCc1ncc(Br)cc1C(C)C. The molecule has 1 aromatic heterocycles. The van der Waals surface area contributed by atoms with Crippen LogP contribution in [0, 0.1) is 0 Å². The molecular formula is C11H16BrN. The fraction of sp³-hybridized carbons (Fsp3) is 0.545. The molecule has 1 rings (SSSR count). The minimum atomic E-state index is 0.562. The molecule has 0 aliphatic rings. The Morgan fingerprint density at radius 2 is 2.15 bits per heavy atom. The zero-order chi connectivity index (χ0) is 9.84. The summed E-state index contributed by atoms with van der Waals surface area (Å²) in [6.07, 6.45) is 4.13. The van der Waals surface area contributed by atoms with Crippen molar-refractivity contribution in [2.75, 3.05) is 0 Å². The van der Waals surface area contributed by atoms with Crippen molar-refractivity contribution in [1.29, 1.82) is 0 Å².